The van der Waals surface area contributed by atoms with E-state index in [0.29, 0.717) is 10.3 Å². The molecule has 1 aromatic carbocycles. The predicted octanol–water partition coefficient (Wildman–Crippen LogP) is 2.71. The van der Waals surface area contributed by atoms with E-state index in [-0.39, 0.29) is 0 Å². The normalized spacial score (nSPS) is 18.4. The number of nitrogens with one attached hydrogen (secondary N) is 1. The number of hydrogen-bond acceptors (Lipinski definition) is 2. The first-order valence-corrected chi connectivity index (χ1v) is 7.61. The smallest absolute Gasteiger partial charge is 0.141 e. The van der Waals surface area contributed by atoms with Crippen LogP contribution in [0.15, 0.2) is 11.0 Å². The van der Waals surface area contributed by atoms with Crippen molar-refractivity contribution in [1.82, 2.24) is 9.88 Å². The molecule has 19 heavy (non-hydrogen) atoms. The van der Waals surface area contributed by atoms with Gasteiger partial charge in [0.05, 0.1) is 10.4 Å². The van der Waals surface area contributed by atoms with Crippen LogP contribution >= 0.6 is 11.8 Å². The Balaban J connectivity index is 2.15. The topological polar surface area (TPSA) is 17.0 Å². The van der Waals surface area contributed by atoms with E-state index in [1.54, 1.807) is 0 Å². The zero-order valence-electron chi connectivity index (χ0n) is 10.4. The maximum Gasteiger partial charge on any atom is 0.141 e. The summed E-state index contributed by atoms with van der Waals surface area (Å²) < 4.78 is 30.3. The maximum atomic E-state index is 14.2. The van der Waals surface area contributed by atoms with Crippen molar-refractivity contribution in [2.24, 2.45) is 0 Å². The number of rotatable bonds is 0. The molecule has 2 aliphatic heterocycles. The maximum absolute atomic E-state index is 14.2. The second-order valence-electron chi connectivity index (χ2n) is 5.07. The third kappa shape index (κ3) is 1.58. The molecular formula is C14H14F2N2S. The molecule has 1 N–H and O–H groups in total. The Hall–Kier alpha value is -1.07. The van der Waals surface area contributed by atoms with Gasteiger partial charge in [-0.15, -0.1) is 11.8 Å². The van der Waals surface area contributed by atoms with Gasteiger partial charge in [-0.3, -0.25) is 0 Å². The van der Waals surface area contributed by atoms with Crippen LogP contribution in [0.1, 0.15) is 11.3 Å². The van der Waals surface area contributed by atoms with Gasteiger partial charge in [0.2, 0.25) is 0 Å². The number of fused-ring (bicyclic) bond motifs is 3. The van der Waals surface area contributed by atoms with Gasteiger partial charge in [0, 0.05) is 42.4 Å². The summed E-state index contributed by atoms with van der Waals surface area (Å²) in [6.07, 6.45) is 1.72. The average Bonchev–Trinajstić information content (AvgIpc) is 2.57. The van der Waals surface area contributed by atoms with Crippen LogP contribution in [-0.4, -0.2) is 23.4 Å². The van der Waals surface area contributed by atoms with Crippen molar-refractivity contribution in [3.63, 3.8) is 0 Å². The summed E-state index contributed by atoms with van der Waals surface area (Å²) in [5.74, 6) is 0.0385. The summed E-state index contributed by atoms with van der Waals surface area (Å²) in [6.45, 7) is 2.63. The van der Waals surface area contributed by atoms with Gasteiger partial charge < -0.3 is 9.88 Å². The van der Waals surface area contributed by atoms with Crippen molar-refractivity contribution in [3.05, 3.63) is 29.0 Å². The molecule has 2 aromatic rings. The highest BCUT2D eigenvalue weighted by Gasteiger charge is 2.27. The molecule has 4 rings (SSSR count). The van der Waals surface area contributed by atoms with Gasteiger partial charge in [-0.1, -0.05) is 0 Å². The minimum atomic E-state index is -0.415. The second-order valence-corrected chi connectivity index (χ2v) is 6.17. The minimum Gasteiger partial charge on any atom is -0.342 e. The van der Waals surface area contributed by atoms with Crippen LogP contribution in [0.2, 0.25) is 0 Å². The molecule has 0 saturated heterocycles. The molecule has 100 valence electrons. The summed E-state index contributed by atoms with van der Waals surface area (Å²) in [7, 11) is 0. The molecule has 3 heterocycles. The van der Waals surface area contributed by atoms with Crippen LogP contribution in [0.3, 0.4) is 0 Å². The van der Waals surface area contributed by atoms with Crippen molar-refractivity contribution >= 4 is 22.7 Å². The number of thioether (sulfide) groups is 1. The van der Waals surface area contributed by atoms with E-state index in [4.69, 9.17) is 0 Å². The number of hydrogen-bond donors (Lipinski definition) is 1. The Bertz CT molecular complexity index is 674. The Morgan fingerprint density at radius 3 is 2.89 bits per heavy atom. The molecule has 0 fully saturated rings. The van der Waals surface area contributed by atoms with Gasteiger partial charge in [-0.2, -0.15) is 0 Å². The van der Waals surface area contributed by atoms with Gasteiger partial charge in [-0.25, -0.2) is 8.78 Å². The first-order chi connectivity index (χ1) is 9.27. The lowest BCUT2D eigenvalue weighted by atomic mass is 10.1. The van der Waals surface area contributed by atoms with Crippen LogP contribution in [0.5, 0.6) is 0 Å². The summed E-state index contributed by atoms with van der Waals surface area (Å²) in [6, 6.07) is 1.05. The van der Waals surface area contributed by atoms with Crippen molar-refractivity contribution in [3.8, 4) is 0 Å². The highest BCUT2D eigenvalue weighted by Crippen LogP contribution is 2.41. The van der Waals surface area contributed by atoms with Crippen molar-refractivity contribution in [2.45, 2.75) is 24.3 Å². The van der Waals surface area contributed by atoms with Gasteiger partial charge in [0.1, 0.15) is 11.6 Å². The van der Waals surface area contributed by atoms with E-state index in [0.717, 1.165) is 55.4 Å². The molecule has 2 aliphatic rings. The Labute approximate surface area is 114 Å². The molecule has 5 heteroatoms. The summed E-state index contributed by atoms with van der Waals surface area (Å²) in [4.78, 5) is 0.628. The van der Waals surface area contributed by atoms with Crippen molar-refractivity contribution < 1.29 is 8.78 Å². The van der Waals surface area contributed by atoms with Gasteiger partial charge in [0.15, 0.2) is 0 Å². The summed E-state index contributed by atoms with van der Waals surface area (Å²) >= 11 is 1.51. The van der Waals surface area contributed by atoms with Crippen LogP contribution in [0.25, 0.3) is 10.9 Å². The van der Waals surface area contributed by atoms with Crippen LogP contribution < -0.4 is 5.32 Å². The molecule has 1 aromatic heterocycles. The Kier molecular flexibility index (Phi) is 2.60. The van der Waals surface area contributed by atoms with Gasteiger partial charge in [-0.05, 0) is 18.5 Å². The van der Waals surface area contributed by atoms with E-state index < -0.39 is 11.6 Å². The van der Waals surface area contributed by atoms with E-state index >= 15 is 0 Å². The molecule has 0 aliphatic carbocycles. The van der Waals surface area contributed by atoms with E-state index in [2.05, 4.69) is 9.88 Å². The fraction of sp³-hybridized carbons (Fsp3) is 0.429. The number of halogens is 2. The largest absolute Gasteiger partial charge is 0.342 e. The molecule has 0 spiro atoms. The lowest BCUT2D eigenvalue weighted by Crippen LogP contribution is -2.18. The zero-order chi connectivity index (χ0) is 13.0. The zero-order valence-corrected chi connectivity index (χ0v) is 11.2. The van der Waals surface area contributed by atoms with E-state index in [1.165, 1.54) is 17.5 Å². The molecule has 0 bridgehead atoms. The third-order valence-corrected chi connectivity index (χ3v) is 5.12. The monoisotopic (exact) mass is 280 g/mol. The summed E-state index contributed by atoms with van der Waals surface area (Å²) in [5, 5.41) is 4.00. The van der Waals surface area contributed by atoms with Crippen LogP contribution in [-0.2, 0) is 19.4 Å². The predicted molar refractivity (Wildman–Crippen MR) is 72.9 cm³/mol. The number of benzene rings is 1. The average molecular weight is 280 g/mol. The third-order valence-electron chi connectivity index (χ3n) is 4.06. The van der Waals surface area contributed by atoms with Gasteiger partial charge in [0.25, 0.3) is 0 Å². The van der Waals surface area contributed by atoms with Crippen molar-refractivity contribution in [2.75, 3.05) is 18.8 Å². The Morgan fingerprint density at radius 2 is 2.00 bits per heavy atom. The standard InChI is InChI=1S/C14H14F2N2S/c15-9-7-10(16)14-13-12(9)8-1-3-17-4-2-11(8)18(13)5-6-19-14/h7,17H,1-6H2. The molecule has 0 saturated carbocycles. The number of aryl methyl sites for hydroxylation is 1. The highest BCUT2D eigenvalue weighted by atomic mass is 32.2. The first-order valence-electron chi connectivity index (χ1n) is 6.63. The van der Waals surface area contributed by atoms with Crippen LogP contribution in [0.4, 0.5) is 8.78 Å². The summed E-state index contributed by atoms with van der Waals surface area (Å²) in [5.41, 5.74) is 3.08. The van der Waals surface area contributed by atoms with E-state index in [9.17, 15) is 8.78 Å². The second kappa shape index (κ2) is 4.21. The molecule has 2 nitrogen and oxygen atoms in total. The minimum absolute atomic E-state index is 0.407. The van der Waals surface area contributed by atoms with Crippen LogP contribution in [0, 0.1) is 11.6 Å². The fourth-order valence-electron chi connectivity index (χ4n) is 3.30. The lowest BCUT2D eigenvalue weighted by molar-refractivity contribution is 0.570. The molecular weight excluding hydrogens is 266 g/mol. The lowest BCUT2D eigenvalue weighted by Gasteiger charge is -2.18. The van der Waals surface area contributed by atoms with E-state index in [1.807, 2.05) is 0 Å². The molecule has 0 amide bonds. The molecule has 0 radical (unpaired) electrons. The Morgan fingerprint density at radius 1 is 1.16 bits per heavy atom. The SMILES string of the molecule is Fc1cc(F)c2c3c(n4c2c1SCC4)CCNCC3. The molecule has 0 atom stereocenters. The number of aromatic nitrogens is 1. The fourth-order valence-corrected chi connectivity index (χ4v) is 4.32. The quantitative estimate of drug-likeness (QED) is 0.799. The highest BCUT2D eigenvalue weighted by molar-refractivity contribution is 7.99. The van der Waals surface area contributed by atoms with Crippen molar-refractivity contribution in [1.29, 1.82) is 0 Å². The number of nitrogens with zero attached hydrogens (tertiary/aromatic N) is 1. The van der Waals surface area contributed by atoms with Gasteiger partial charge >= 0.3 is 0 Å². The first kappa shape index (κ1) is 11.7. The molecule has 0 unspecified atom stereocenters.